The highest BCUT2D eigenvalue weighted by Crippen LogP contribution is 2.24. The largest absolute Gasteiger partial charge is 0.481 e. The van der Waals surface area contributed by atoms with Crippen molar-refractivity contribution in [3.8, 4) is 5.75 Å². The standard InChI is InChI=1S/C25H28N2O4S/c1-18-9-8-12-21(17-18)24(20-10-6-5-7-11-20)26-25(28)19(2)31-23-15-13-22(14-16-23)27(3)32(4,29)30/h5-17,19,24H,1-4H3,(H,26,28). The van der Waals surface area contributed by atoms with E-state index in [2.05, 4.69) is 11.4 Å². The topological polar surface area (TPSA) is 75.7 Å². The number of benzene rings is 3. The molecule has 0 saturated carbocycles. The number of nitrogens with one attached hydrogen (secondary N) is 1. The summed E-state index contributed by atoms with van der Waals surface area (Å²) in [6.45, 7) is 3.70. The lowest BCUT2D eigenvalue weighted by Crippen LogP contribution is -2.39. The van der Waals surface area contributed by atoms with Crippen LogP contribution in [0.5, 0.6) is 5.75 Å². The lowest BCUT2D eigenvalue weighted by Gasteiger charge is -2.23. The summed E-state index contributed by atoms with van der Waals surface area (Å²) < 4.78 is 30.4. The summed E-state index contributed by atoms with van der Waals surface area (Å²) in [6, 6.07) is 24.1. The Balaban J connectivity index is 1.74. The van der Waals surface area contributed by atoms with Gasteiger partial charge in [-0.1, -0.05) is 60.2 Å². The van der Waals surface area contributed by atoms with Crippen LogP contribution in [-0.2, 0) is 14.8 Å². The zero-order chi connectivity index (χ0) is 23.3. The summed E-state index contributed by atoms with van der Waals surface area (Å²) >= 11 is 0. The molecule has 7 heteroatoms. The first-order valence-corrected chi connectivity index (χ1v) is 12.1. The van der Waals surface area contributed by atoms with Gasteiger partial charge in [0.2, 0.25) is 10.0 Å². The predicted molar refractivity (Wildman–Crippen MR) is 127 cm³/mol. The number of ether oxygens (including phenoxy) is 1. The summed E-state index contributed by atoms with van der Waals surface area (Å²) in [5.41, 5.74) is 3.60. The van der Waals surface area contributed by atoms with E-state index in [1.165, 1.54) is 11.4 Å². The second-order valence-electron chi connectivity index (χ2n) is 7.75. The molecule has 3 aromatic rings. The van der Waals surface area contributed by atoms with E-state index in [0.29, 0.717) is 11.4 Å². The second-order valence-corrected chi connectivity index (χ2v) is 9.76. The van der Waals surface area contributed by atoms with Crippen LogP contribution in [-0.4, -0.2) is 33.7 Å². The Morgan fingerprint density at radius 3 is 2.16 bits per heavy atom. The molecule has 6 nitrogen and oxygen atoms in total. The lowest BCUT2D eigenvalue weighted by atomic mass is 9.97. The van der Waals surface area contributed by atoms with Crippen molar-refractivity contribution in [2.24, 2.45) is 0 Å². The minimum atomic E-state index is -3.35. The Bertz CT molecular complexity index is 1160. The quantitative estimate of drug-likeness (QED) is 0.559. The van der Waals surface area contributed by atoms with Gasteiger partial charge in [-0.15, -0.1) is 0 Å². The Morgan fingerprint density at radius 1 is 0.938 bits per heavy atom. The lowest BCUT2D eigenvalue weighted by molar-refractivity contribution is -0.127. The third-order valence-electron chi connectivity index (χ3n) is 5.17. The highest BCUT2D eigenvalue weighted by Gasteiger charge is 2.22. The molecular formula is C25H28N2O4S. The van der Waals surface area contributed by atoms with Crippen LogP contribution in [0.3, 0.4) is 0 Å². The molecule has 1 N–H and O–H groups in total. The fourth-order valence-corrected chi connectivity index (χ4v) is 3.80. The normalized spacial score (nSPS) is 13.1. The highest BCUT2D eigenvalue weighted by atomic mass is 32.2. The molecule has 0 aliphatic carbocycles. The minimum Gasteiger partial charge on any atom is -0.481 e. The average molecular weight is 453 g/mol. The van der Waals surface area contributed by atoms with Crippen LogP contribution in [0.2, 0.25) is 0 Å². The molecule has 32 heavy (non-hydrogen) atoms. The molecule has 0 aromatic heterocycles. The van der Waals surface area contributed by atoms with E-state index >= 15 is 0 Å². The molecule has 0 aliphatic rings. The number of anilines is 1. The van der Waals surface area contributed by atoms with Crippen molar-refractivity contribution < 1.29 is 17.9 Å². The van der Waals surface area contributed by atoms with Crippen LogP contribution in [0.25, 0.3) is 0 Å². The molecule has 0 aliphatic heterocycles. The van der Waals surface area contributed by atoms with Crippen LogP contribution < -0.4 is 14.4 Å². The predicted octanol–water partition coefficient (Wildman–Crippen LogP) is 4.06. The van der Waals surface area contributed by atoms with Gasteiger partial charge in [0.1, 0.15) is 5.75 Å². The maximum absolute atomic E-state index is 13.0. The number of amides is 1. The monoisotopic (exact) mass is 452 g/mol. The zero-order valence-electron chi connectivity index (χ0n) is 18.6. The number of aryl methyl sites for hydroxylation is 1. The number of hydrogen-bond acceptors (Lipinski definition) is 4. The Kier molecular flexibility index (Phi) is 7.20. The van der Waals surface area contributed by atoms with Crippen molar-refractivity contribution in [2.75, 3.05) is 17.6 Å². The number of carbonyl (C=O) groups is 1. The summed E-state index contributed by atoms with van der Waals surface area (Å²) in [6.07, 6.45) is 0.394. The molecule has 3 rings (SSSR count). The number of rotatable bonds is 8. The summed E-state index contributed by atoms with van der Waals surface area (Å²) in [5, 5.41) is 3.09. The Morgan fingerprint density at radius 2 is 1.56 bits per heavy atom. The molecule has 0 spiro atoms. The molecule has 0 saturated heterocycles. The van der Waals surface area contributed by atoms with Crippen LogP contribution in [0.4, 0.5) is 5.69 Å². The summed E-state index contributed by atoms with van der Waals surface area (Å²) in [4.78, 5) is 13.0. The van der Waals surface area contributed by atoms with Crippen molar-refractivity contribution in [3.63, 3.8) is 0 Å². The van der Waals surface area contributed by atoms with Gasteiger partial charge in [0.15, 0.2) is 6.10 Å². The minimum absolute atomic E-state index is 0.252. The van der Waals surface area contributed by atoms with Crippen molar-refractivity contribution in [1.82, 2.24) is 5.32 Å². The van der Waals surface area contributed by atoms with Gasteiger partial charge in [0, 0.05) is 7.05 Å². The van der Waals surface area contributed by atoms with Crippen molar-refractivity contribution in [3.05, 3.63) is 95.6 Å². The molecule has 0 heterocycles. The van der Waals surface area contributed by atoms with Crippen LogP contribution in [0, 0.1) is 6.92 Å². The number of nitrogens with zero attached hydrogens (tertiary/aromatic N) is 1. The second kappa shape index (κ2) is 9.87. The van der Waals surface area contributed by atoms with Crippen LogP contribution in [0.15, 0.2) is 78.9 Å². The fraction of sp³-hybridized carbons (Fsp3) is 0.240. The molecular weight excluding hydrogens is 424 g/mol. The van der Waals surface area contributed by atoms with Crippen LogP contribution in [0.1, 0.15) is 29.7 Å². The molecule has 2 unspecified atom stereocenters. The molecule has 0 radical (unpaired) electrons. The Hall–Kier alpha value is -3.32. The smallest absolute Gasteiger partial charge is 0.261 e. The molecule has 3 aromatic carbocycles. The average Bonchev–Trinajstić information content (AvgIpc) is 2.77. The number of sulfonamides is 1. The van der Waals surface area contributed by atoms with Crippen molar-refractivity contribution in [1.29, 1.82) is 0 Å². The van der Waals surface area contributed by atoms with Gasteiger partial charge in [0.05, 0.1) is 18.0 Å². The van der Waals surface area contributed by atoms with E-state index in [1.807, 2.05) is 55.5 Å². The molecule has 168 valence electrons. The summed E-state index contributed by atoms with van der Waals surface area (Å²) in [5.74, 6) is 0.225. The van der Waals surface area contributed by atoms with Gasteiger partial charge < -0.3 is 10.1 Å². The van der Waals surface area contributed by atoms with Crippen LogP contribution >= 0.6 is 0 Å². The van der Waals surface area contributed by atoms with Gasteiger partial charge in [-0.3, -0.25) is 9.10 Å². The molecule has 0 bridgehead atoms. The third kappa shape index (κ3) is 5.88. The van der Waals surface area contributed by atoms with E-state index < -0.39 is 16.1 Å². The molecule has 0 fully saturated rings. The SMILES string of the molecule is Cc1cccc(C(NC(=O)C(C)Oc2ccc(N(C)S(C)(=O)=O)cc2)c2ccccc2)c1. The first-order valence-electron chi connectivity index (χ1n) is 10.3. The van der Waals surface area contributed by atoms with E-state index in [9.17, 15) is 13.2 Å². The first-order chi connectivity index (χ1) is 15.1. The van der Waals surface area contributed by atoms with Gasteiger partial charge in [-0.2, -0.15) is 0 Å². The van der Waals surface area contributed by atoms with E-state index in [4.69, 9.17) is 4.74 Å². The van der Waals surface area contributed by atoms with E-state index in [-0.39, 0.29) is 11.9 Å². The van der Waals surface area contributed by atoms with Gasteiger partial charge >= 0.3 is 0 Å². The third-order valence-corrected chi connectivity index (χ3v) is 6.38. The molecule has 2 atom stereocenters. The van der Waals surface area contributed by atoms with Gasteiger partial charge in [-0.25, -0.2) is 8.42 Å². The Labute approximate surface area is 189 Å². The zero-order valence-corrected chi connectivity index (χ0v) is 19.5. The van der Waals surface area contributed by atoms with Crippen molar-refractivity contribution in [2.45, 2.75) is 26.0 Å². The van der Waals surface area contributed by atoms with E-state index in [1.54, 1.807) is 31.2 Å². The first kappa shape index (κ1) is 23.3. The molecule has 1 amide bonds. The maximum atomic E-state index is 13.0. The summed E-state index contributed by atoms with van der Waals surface area (Å²) in [7, 11) is -1.86. The highest BCUT2D eigenvalue weighted by molar-refractivity contribution is 7.92. The van der Waals surface area contributed by atoms with Gasteiger partial charge in [0.25, 0.3) is 5.91 Å². The fourth-order valence-electron chi connectivity index (χ4n) is 3.30. The van der Waals surface area contributed by atoms with E-state index in [0.717, 1.165) is 22.9 Å². The maximum Gasteiger partial charge on any atom is 0.261 e. The van der Waals surface area contributed by atoms with Crippen molar-refractivity contribution >= 4 is 21.6 Å². The number of carbonyl (C=O) groups excluding carboxylic acids is 1. The number of hydrogen-bond donors (Lipinski definition) is 1. The van der Waals surface area contributed by atoms with Gasteiger partial charge in [-0.05, 0) is 49.2 Å².